The summed E-state index contributed by atoms with van der Waals surface area (Å²) in [5.41, 5.74) is 3.69. The fraction of sp³-hybridized carbons (Fsp3) is 0.531. The van der Waals surface area contributed by atoms with E-state index in [9.17, 15) is 14.0 Å². The Morgan fingerprint density at radius 1 is 1.00 bits per heavy atom. The van der Waals surface area contributed by atoms with Crippen molar-refractivity contribution in [1.82, 2.24) is 34.9 Å². The average molecular weight is 647 g/mol. The minimum atomic E-state index is -0.400. The SMILES string of the molecule is CC(C)(C)NCCn1cc(-c2ccc(F)c(Cl)c2)nc1C1CCNCC1.Cl.O=C1C=C(N2CC2)C(=O)C(N2CC2)=C1N1CC1. The van der Waals surface area contributed by atoms with Crippen molar-refractivity contribution in [3.63, 3.8) is 0 Å². The fourth-order valence-corrected chi connectivity index (χ4v) is 5.82. The van der Waals surface area contributed by atoms with Gasteiger partial charge in [-0.25, -0.2) is 9.37 Å². The molecule has 4 fully saturated rings. The lowest BCUT2D eigenvalue weighted by atomic mass is 9.97. The number of nitrogens with zero attached hydrogens (tertiary/aromatic N) is 5. The molecule has 0 atom stereocenters. The number of carbonyl (C=O) groups is 2. The first kappa shape index (κ1) is 32.5. The van der Waals surface area contributed by atoms with Crippen molar-refractivity contribution in [1.29, 1.82) is 0 Å². The molecule has 0 unspecified atom stereocenters. The topological polar surface area (TPSA) is 85.1 Å². The molecule has 2 N–H and O–H groups in total. The number of imidazole rings is 1. The number of Topliss-reactive ketones (excluding diaryl/α,β-unsaturated/α-hetero) is 1. The molecule has 0 bridgehead atoms. The van der Waals surface area contributed by atoms with Gasteiger partial charge in [-0.1, -0.05) is 11.6 Å². The molecule has 0 radical (unpaired) electrons. The van der Waals surface area contributed by atoms with Crippen molar-refractivity contribution in [2.24, 2.45) is 0 Å². The van der Waals surface area contributed by atoms with Gasteiger partial charge >= 0.3 is 0 Å². The van der Waals surface area contributed by atoms with Gasteiger partial charge in [-0.2, -0.15) is 0 Å². The zero-order chi connectivity index (χ0) is 30.3. The number of rotatable bonds is 8. The van der Waals surface area contributed by atoms with Crippen molar-refractivity contribution >= 4 is 35.6 Å². The number of ketones is 2. The molecule has 238 valence electrons. The summed E-state index contributed by atoms with van der Waals surface area (Å²) in [6.07, 6.45) is 5.78. The number of aromatic nitrogens is 2. The molecule has 9 nitrogen and oxygen atoms in total. The largest absolute Gasteiger partial charge is 0.365 e. The monoisotopic (exact) mass is 645 g/mol. The molecule has 2 aromatic rings. The van der Waals surface area contributed by atoms with E-state index >= 15 is 0 Å². The van der Waals surface area contributed by atoms with Crippen LogP contribution in [0.5, 0.6) is 0 Å². The van der Waals surface area contributed by atoms with Gasteiger partial charge in [0, 0.05) is 81.7 Å². The van der Waals surface area contributed by atoms with Crippen LogP contribution < -0.4 is 10.6 Å². The minimum Gasteiger partial charge on any atom is -0.365 e. The summed E-state index contributed by atoms with van der Waals surface area (Å²) in [5.74, 6) is 1.23. The molecule has 0 spiro atoms. The van der Waals surface area contributed by atoms with Gasteiger partial charge in [0.1, 0.15) is 23.0 Å². The Morgan fingerprint density at radius 2 is 1.64 bits per heavy atom. The van der Waals surface area contributed by atoms with E-state index < -0.39 is 5.82 Å². The Morgan fingerprint density at radius 3 is 2.23 bits per heavy atom. The van der Waals surface area contributed by atoms with Crippen molar-refractivity contribution in [2.45, 2.75) is 51.6 Å². The zero-order valence-corrected chi connectivity index (χ0v) is 27.2. The van der Waals surface area contributed by atoms with E-state index in [1.54, 1.807) is 12.1 Å². The van der Waals surface area contributed by atoms with Gasteiger partial charge in [0.05, 0.1) is 16.4 Å². The third-order valence-electron chi connectivity index (χ3n) is 8.22. The smallest absolute Gasteiger partial charge is 0.227 e. The molecule has 7 rings (SSSR count). The number of hydrogen-bond donors (Lipinski definition) is 2. The normalized spacial score (nSPS) is 19.8. The van der Waals surface area contributed by atoms with E-state index in [1.165, 1.54) is 12.1 Å². The predicted molar refractivity (Wildman–Crippen MR) is 172 cm³/mol. The van der Waals surface area contributed by atoms with Gasteiger partial charge in [0.15, 0.2) is 0 Å². The molecule has 0 saturated carbocycles. The Labute approximate surface area is 269 Å². The van der Waals surface area contributed by atoms with E-state index in [2.05, 4.69) is 42.2 Å². The van der Waals surface area contributed by atoms with Crippen LogP contribution in [0.2, 0.25) is 5.02 Å². The van der Waals surface area contributed by atoms with Gasteiger partial charge in [-0.3, -0.25) is 9.59 Å². The molecule has 1 aromatic heterocycles. The molecular weight excluding hydrogens is 604 g/mol. The van der Waals surface area contributed by atoms with E-state index in [0.717, 1.165) is 95.4 Å². The fourth-order valence-electron chi connectivity index (χ4n) is 5.64. The number of halogens is 3. The first-order valence-corrected chi connectivity index (χ1v) is 15.7. The van der Waals surface area contributed by atoms with E-state index in [-0.39, 0.29) is 34.5 Å². The van der Waals surface area contributed by atoms with Crippen LogP contribution in [-0.2, 0) is 16.1 Å². The van der Waals surface area contributed by atoms with Gasteiger partial charge in [-0.05, 0) is 64.9 Å². The van der Waals surface area contributed by atoms with Crippen molar-refractivity contribution in [3.8, 4) is 11.3 Å². The summed E-state index contributed by atoms with van der Waals surface area (Å²) in [4.78, 5) is 35.4. The quantitative estimate of drug-likeness (QED) is 0.331. The summed E-state index contributed by atoms with van der Waals surface area (Å²) < 4.78 is 15.7. The molecule has 4 saturated heterocycles. The number of carbonyl (C=O) groups excluding carboxylic acids is 2. The van der Waals surface area contributed by atoms with Gasteiger partial charge in [0.25, 0.3) is 0 Å². The van der Waals surface area contributed by atoms with Gasteiger partial charge in [-0.15, -0.1) is 12.4 Å². The molecule has 0 amide bonds. The van der Waals surface area contributed by atoms with Crippen LogP contribution in [-0.4, -0.2) is 100 Å². The second-order valence-corrected chi connectivity index (χ2v) is 13.3. The Kier molecular flexibility index (Phi) is 9.75. The Balaban J connectivity index is 0.000000184. The maximum Gasteiger partial charge on any atom is 0.227 e. The molecule has 1 aromatic carbocycles. The number of piperidine rings is 1. The van der Waals surface area contributed by atoms with Crippen LogP contribution in [0.4, 0.5) is 4.39 Å². The number of benzene rings is 1. The van der Waals surface area contributed by atoms with Gasteiger partial charge < -0.3 is 29.9 Å². The van der Waals surface area contributed by atoms with Gasteiger partial charge in [0.2, 0.25) is 11.6 Å². The van der Waals surface area contributed by atoms with E-state index in [0.29, 0.717) is 23.0 Å². The summed E-state index contributed by atoms with van der Waals surface area (Å²) in [7, 11) is 0. The number of nitrogens with one attached hydrogen (secondary N) is 2. The van der Waals surface area contributed by atoms with Crippen molar-refractivity contribution in [3.05, 3.63) is 64.2 Å². The maximum atomic E-state index is 13.5. The van der Waals surface area contributed by atoms with Crippen molar-refractivity contribution in [2.75, 3.05) is 58.9 Å². The van der Waals surface area contributed by atoms with Crippen LogP contribution in [0.1, 0.15) is 45.4 Å². The standard InChI is InChI=1S/C20H28ClFN4.C12H13N3O2.ClH/c1-20(2,3)24-10-11-26-13-18(15-4-5-17(22)16(21)12-15)25-19(26)14-6-8-23-9-7-14;16-9-7-8(13-1-2-13)12(17)11(15-5-6-15)10(9)14-3-4-14;/h4-5,12-14,23-24H,6-11H2,1-3H3;7H,1-6H2;1H. The van der Waals surface area contributed by atoms with Crippen LogP contribution in [0.25, 0.3) is 11.3 Å². The average Bonchev–Trinajstić information content (AvgIpc) is 3.83. The van der Waals surface area contributed by atoms with Crippen molar-refractivity contribution < 1.29 is 14.0 Å². The lowest BCUT2D eigenvalue weighted by molar-refractivity contribution is -0.117. The molecule has 5 aliphatic rings. The van der Waals surface area contributed by atoms with E-state index in [1.807, 2.05) is 14.7 Å². The van der Waals surface area contributed by atoms with Crippen LogP contribution in [0.3, 0.4) is 0 Å². The molecule has 4 aliphatic heterocycles. The number of hydrogen-bond acceptors (Lipinski definition) is 8. The van der Waals surface area contributed by atoms with Crippen LogP contribution >= 0.6 is 24.0 Å². The zero-order valence-electron chi connectivity index (χ0n) is 25.7. The lowest BCUT2D eigenvalue weighted by Gasteiger charge is -2.24. The second kappa shape index (κ2) is 13.2. The maximum absolute atomic E-state index is 13.5. The molecular formula is C32H42Cl2FN7O2. The molecule has 5 heterocycles. The summed E-state index contributed by atoms with van der Waals surface area (Å²) in [6.45, 7) is 15.7. The second-order valence-electron chi connectivity index (χ2n) is 12.9. The Hall–Kier alpha value is -2.92. The molecule has 1 aliphatic carbocycles. The summed E-state index contributed by atoms with van der Waals surface area (Å²) in [6, 6.07) is 4.80. The minimum absolute atomic E-state index is 0. The number of allylic oxidation sites excluding steroid dienone is 1. The molecule has 12 heteroatoms. The lowest BCUT2D eigenvalue weighted by Crippen LogP contribution is -2.38. The first-order chi connectivity index (χ1) is 20.6. The van der Waals surface area contributed by atoms with Crippen LogP contribution in [0, 0.1) is 5.82 Å². The third kappa shape index (κ3) is 7.65. The summed E-state index contributed by atoms with van der Waals surface area (Å²) in [5, 5.41) is 7.08. The summed E-state index contributed by atoms with van der Waals surface area (Å²) >= 11 is 5.96. The Bertz CT molecular complexity index is 1460. The predicted octanol–water partition coefficient (Wildman–Crippen LogP) is 3.80. The molecule has 44 heavy (non-hydrogen) atoms. The first-order valence-electron chi connectivity index (χ1n) is 15.4. The highest BCUT2D eigenvalue weighted by Gasteiger charge is 2.43. The van der Waals surface area contributed by atoms with E-state index in [4.69, 9.17) is 16.6 Å². The highest BCUT2D eigenvalue weighted by Crippen LogP contribution is 2.34. The van der Waals surface area contributed by atoms with Crippen LogP contribution in [0.15, 0.2) is 47.6 Å². The highest BCUT2D eigenvalue weighted by atomic mass is 35.5. The highest BCUT2D eigenvalue weighted by molar-refractivity contribution is 6.31. The third-order valence-corrected chi connectivity index (χ3v) is 8.51.